The number of carboxylic acid groups (broad SMARTS) is 1. The summed E-state index contributed by atoms with van der Waals surface area (Å²) in [6, 6.07) is 5.74. The van der Waals surface area contributed by atoms with Gasteiger partial charge in [0.1, 0.15) is 12.1 Å². The van der Waals surface area contributed by atoms with Crippen molar-refractivity contribution in [2.75, 3.05) is 31.1 Å². The Bertz CT molecular complexity index is 1120. The molecule has 3 aromatic rings. The summed E-state index contributed by atoms with van der Waals surface area (Å²) in [6.45, 7) is 3.04. The van der Waals surface area contributed by atoms with Crippen LogP contribution in [0.4, 0.5) is 19.0 Å². The molecule has 3 aromatic heterocycles. The lowest BCUT2D eigenvalue weighted by atomic mass is 9.93. The number of alkyl halides is 3. The summed E-state index contributed by atoms with van der Waals surface area (Å²) < 4.78 is 39.4. The Kier molecular flexibility index (Phi) is 6.47. The lowest BCUT2D eigenvalue weighted by molar-refractivity contribution is -0.192. The number of halogens is 3. The zero-order valence-electron chi connectivity index (χ0n) is 17.0. The fraction of sp³-hybridized carbons (Fsp3) is 0.421. The number of hydrogen-bond donors (Lipinski definition) is 2. The highest BCUT2D eigenvalue weighted by Crippen LogP contribution is 2.35. The highest BCUT2D eigenvalue weighted by Gasteiger charge is 2.44. The number of carbonyl (C=O) groups excluding carboxylic acids is 1. The van der Waals surface area contributed by atoms with Crippen molar-refractivity contribution in [1.29, 1.82) is 0 Å². The summed E-state index contributed by atoms with van der Waals surface area (Å²) in [5.74, 6) is -1.14. The highest BCUT2D eigenvalue weighted by molar-refractivity contribution is 7.08. The van der Waals surface area contributed by atoms with Crippen molar-refractivity contribution in [3.05, 3.63) is 40.8 Å². The average molecular weight is 484 g/mol. The predicted molar refractivity (Wildman–Crippen MR) is 110 cm³/mol. The molecule has 0 aromatic carbocycles. The maximum Gasteiger partial charge on any atom is 0.490 e. The minimum absolute atomic E-state index is 0.00993. The van der Waals surface area contributed by atoms with E-state index in [1.54, 1.807) is 10.8 Å². The Labute approximate surface area is 189 Å². The molecular weight excluding hydrogens is 465 g/mol. The summed E-state index contributed by atoms with van der Waals surface area (Å²) in [5.41, 5.74) is 1.46. The van der Waals surface area contributed by atoms with E-state index in [1.807, 2.05) is 29.0 Å². The molecule has 1 amide bonds. The number of rotatable bonds is 4. The molecule has 2 saturated heterocycles. The molecule has 2 fully saturated rings. The van der Waals surface area contributed by atoms with E-state index >= 15 is 0 Å². The Morgan fingerprint density at radius 2 is 2.06 bits per heavy atom. The molecule has 5 rings (SSSR count). The lowest BCUT2D eigenvalue weighted by Crippen LogP contribution is -2.34. The van der Waals surface area contributed by atoms with Crippen molar-refractivity contribution in [1.82, 2.24) is 25.1 Å². The van der Waals surface area contributed by atoms with Crippen molar-refractivity contribution < 1.29 is 32.6 Å². The van der Waals surface area contributed by atoms with Crippen LogP contribution < -0.4 is 10.2 Å². The van der Waals surface area contributed by atoms with Crippen molar-refractivity contribution in [3.8, 4) is 0 Å². The van der Waals surface area contributed by atoms with Crippen LogP contribution in [0, 0.1) is 11.8 Å². The summed E-state index contributed by atoms with van der Waals surface area (Å²) in [6.07, 6.45) is -3.29. The van der Waals surface area contributed by atoms with Crippen molar-refractivity contribution in [2.45, 2.75) is 12.3 Å². The Morgan fingerprint density at radius 1 is 1.27 bits per heavy atom. The van der Waals surface area contributed by atoms with E-state index < -0.39 is 12.1 Å². The monoisotopic (exact) mass is 484 g/mol. The molecule has 5 heterocycles. The first-order valence-corrected chi connectivity index (χ1v) is 10.8. The maximum atomic E-state index is 12.2. The third-order valence-corrected chi connectivity index (χ3v) is 6.14. The van der Waals surface area contributed by atoms with E-state index in [0.717, 1.165) is 30.1 Å². The molecule has 2 aliphatic heterocycles. The van der Waals surface area contributed by atoms with Crippen molar-refractivity contribution in [2.24, 2.45) is 11.8 Å². The quantitative estimate of drug-likeness (QED) is 0.574. The number of aromatic nitrogens is 4. The van der Waals surface area contributed by atoms with E-state index in [4.69, 9.17) is 14.6 Å². The SMILES string of the molecule is O=C(NC[C@@H]1CO[C@@H]2CN(c3ccc4nncn4n3)C[C@H]12)c1ccsc1.O=C(O)C(F)(F)F. The number of nitrogens with zero attached hydrogens (tertiary/aromatic N) is 5. The van der Waals surface area contributed by atoms with Gasteiger partial charge in [0, 0.05) is 42.4 Å². The van der Waals surface area contributed by atoms with E-state index in [-0.39, 0.29) is 12.0 Å². The van der Waals surface area contributed by atoms with E-state index in [0.29, 0.717) is 25.0 Å². The molecule has 0 bridgehead atoms. The van der Waals surface area contributed by atoms with Gasteiger partial charge in [-0.05, 0) is 23.6 Å². The minimum Gasteiger partial charge on any atom is -0.475 e. The van der Waals surface area contributed by atoms with Gasteiger partial charge in [-0.25, -0.2) is 4.79 Å². The third-order valence-electron chi connectivity index (χ3n) is 5.46. The predicted octanol–water partition coefficient (Wildman–Crippen LogP) is 1.70. The molecule has 176 valence electrons. The van der Waals surface area contributed by atoms with Crippen LogP contribution in [0.25, 0.3) is 5.65 Å². The molecule has 0 aliphatic carbocycles. The molecule has 2 N–H and O–H groups in total. The number of ether oxygens (including phenoxy) is 1. The van der Waals surface area contributed by atoms with Gasteiger partial charge >= 0.3 is 12.1 Å². The maximum absolute atomic E-state index is 12.2. The third kappa shape index (κ3) is 5.22. The number of aliphatic carboxylic acids is 1. The van der Waals surface area contributed by atoms with Gasteiger partial charge in [-0.2, -0.15) is 29.0 Å². The zero-order chi connectivity index (χ0) is 23.6. The van der Waals surface area contributed by atoms with Gasteiger partial charge in [-0.1, -0.05) is 0 Å². The number of carboxylic acids is 1. The fourth-order valence-corrected chi connectivity index (χ4v) is 4.44. The largest absolute Gasteiger partial charge is 0.490 e. The molecule has 10 nitrogen and oxygen atoms in total. The molecule has 0 unspecified atom stereocenters. The van der Waals surface area contributed by atoms with Gasteiger partial charge in [-0.15, -0.1) is 15.3 Å². The number of hydrogen-bond acceptors (Lipinski definition) is 8. The van der Waals surface area contributed by atoms with Crippen LogP contribution in [0.15, 0.2) is 35.3 Å². The van der Waals surface area contributed by atoms with Gasteiger partial charge in [0.15, 0.2) is 5.65 Å². The summed E-state index contributed by atoms with van der Waals surface area (Å²) in [5, 5.41) is 26.4. The number of thiophene rings is 1. The topological polar surface area (TPSA) is 122 Å². The molecular formula is C19H19F3N6O4S. The number of amides is 1. The van der Waals surface area contributed by atoms with Gasteiger partial charge in [0.2, 0.25) is 0 Å². The van der Waals surface area contributed by atoms with Gasteiger partial charge in [0.25, 0.3) is 5.91 Å². The number of anilines is 1. The van der Waals surface area contributed by atoms with Crippen LogP contribution in [-0.2, 0) is 9.53 Å². The van der Waals surface area contributed by atoms with Crippen molar-refractivity contribution >= 4 is 34.7 Å². The molecule has 33 heavy (non-hydrogen) atoms. The van der Waals surface area contributed by atoms with Gasteiger partial charge < -0.3 is 20.1 Å². The fourth-order valence-electron chi connectivity index (χ4n) is 3.80. The van der Waals surface area contributed by atoms with Crippen LogP contribution in [0.5, 0.6) is 0 Å². The highest BCUT2D eigenvalue weighted by atomic mass is 32.1. The van der Waals surface area contributed by atoms with Crippen molar-refractivity contribution in [3.63, 3.8) is 0 Å². The molecule has 2 aliphatic rings. The zero-order valence-corrected chi connectivity index (χ0v) is 17.8. The smallest absolute Gasteiger partial charge is 0.475 e. The normalized spacial score (nSPS) is 22.0. The summed E-state index contributed by atoms with van der Waals surface area (Å²) in [4.78, 5) is 23.3. The van der Waals surface area contributed by atoms with Crippen LogP contribution >= 0.6 is 11.3 Å². The summed E-state index contributed by atoms with van der Waals surface area (Å²) >= 11 is 1.53. The first kappa shape index (κ1) is 22.9. The van der Waals surface area contributed by atoms with E-state index in [9.17, 15) is 18.0 Å². The Morgan fingerprint density at radius 3 is 2.76 bits per heavy atom. The second-order valence-electron chi connectivity index (χ2n) is 7.55. The van der Waals surface area contributed by atoms with E-state index in [2.05, 4.69) is 25.5 Å². The first-order valence-electron chi connectivity index (χ1n) is 9.86. The molecule has 14 heteroatoms. The Balaban J connectivity index is 0.000000325. The summed E-state index contributed by atoms with van der Waals surface area (Å²) in [7, 11) is 0. The number of nitrogens with one attached hydrogen (secondary N) is 1. The second kappa shape index (κ2) is 9.31. The van der Waals surface area contributed by atoms with Gasteiger partial charge in [0.05, 0.1) is 12.7 Å². The van der Waals surface area contributed by atoms with Gasteiger partial charge in [-0.3, -0.25) is 4.79 Å². The molecule has 0 radical (unpaired) electrons. The van der Waals surface area contributed by atoms with Crippen LogP contribution in [0.3, 0.4) is 0 Å². The number of carbonyl (C=O) groups is 2. The first-order chi connectivity index (χ1) is 15.7. The van der Waals surface area contributed by atoms with Crippen LogP contribution in [-0.4, -0.2) is 75.3 Å². The minimum atomic E-state index is -5.08. The molecule has 0 spiro atoms. The average Bonchev–Trinajstić information content (AvgIpc) is 3.56. The van der Waals surface area contributed by atoms with E-state index in [1.165, 1.54) is 11.3 Å². The van der Waals surface area contributed by atoms with Crippen LogP contribution in [0.1, 0.15) is 10.4 Å². The second-order valence-corrected chi connectivity index (χ2v) is 8.33. The van der Waals surface area contributed by atoms with Crippen LogP contribution in [0.2, 0.25) is 0 Å². The number of fused-ring (bicyclic) bond motifs is 2. The standard InChI is InChI=1S/C17H18N6O2S.C2HF3O2/c24-17(11-3-4-26-9-11)18-5-12-8-25-14-7-22(6-13(12)14)16-2-1-15-20-19-10-23(15)21-16;3-2(4,5)1(6)7/h1-4,9-10,12-14H,5-8H2,(H,18,24);(H,6,7)/t12-,13-,14-;/m1./s1. The Hall–Kier alpha value is -3.26. The molecule has 0 saturated carbocycles. The molecule has 3 atom stereocenters. The lowest BCUT2D eigenvalue weighted by Gasteiger charge is -2.20.